The molecule has 0 atom stereocenters. The van der Waals surface area contributed by atoms with Crippen molar-refractivity contribution < 1.29 is 4.42 Å². The quantitative estimate of drug-likeness (QED) is 0.186. The van der Waals surface area contributed by atoms with Crippen molar-refractivity contribution in [2.24, 2.45) is 0 Å². The van der Waals surface area contributed by atoms with E-state index < -0.39 is 0 Å². The van der Waals surface area contributed by atoms with E-state index in [1.165, 1.54) is 0 Å². The predicted octanol–water partition coefficient (Wildman–Crippen LogP) is 9.48. The molecule has 0 bridgehead atoms. The molecule has 4 aromatic carbocycles. The van der Waals surface area contributed by atoms with E-state index in [9.17, 15) is 0 Å². The summed E-state index contributed by atoms with van der Waals surface area (Å²) in [4.78, 5) is 29.1. The number of para-hydroxylation sites is 2. The fourth-order valence-corrected chi connectivity index (χ4v) is 7.26. The lowest BCUT2D eigenvalue weighted by Crippen LogP contribution is -1.95. The average Bonchev–Trinajstić information content (AvgIpc) is 3.85. The molecule has 7 aromatic heterocycles. The number of furan rings is 1. The third-order valence-corrected chi connectivity index (χ3v) is 9.55. The summed E-state index contributed by atoms with van der Waals surface area (Å²) in [6.45, 7) is 0. The van der Waals surface area contributed by atoms with E-state index >= 15 is 0 Å². The van der Waals surface area contributed by atoms with E-state index in [0.717, 1.165) is 78.0 Å². The molecule has 0 aliphatic carbocycles. The molecular formula is C42H24N8O. The van der Waals surface area contributed by atoms with Crippen molar-refractivity contribution in [3.05, 3.63) is 146 Å². The third-order valence-electron chi connectivity index (χ3n) is 9.55. The fourth-order valence-electron chi connectivity index (χ4n) is 7.26. The summed E-state index contributed by atoms with van der Waals surface area (Å²) in [5.74, 6) is 0. The lowest BCUT2D eigenvalue weighted by Gasteiger charge is -2.08. The molecular weight excluding hydrogens is 633 g/mol. The maximum absolute atomic E-state index is 6.24. The average molecular weight is 657 g/mol. The summed E-state index contributed by atoms with van der Waals surface area (Å²) < 4.78 is 10.5. The first kappa shape index (κ1) is 27.7. The topological polar surface area (TPSA) is 100 Å². The van der Waals surface area contributed by atoms with E-state index in [0.29, 0.717) is 22.2 Å². The minimum absolute atomic E-state index is 0.683. The minimum atomic E-state index is 0.683. The number of aromatic nitrogens is 8. The second-order valence-electron chi connectivity index (χ2n) is 12.5. The van der Waals surface area contributed by atoms with Crippen molar-refractivity contribution in [1.29, 1.82) is 0 Å². The van der Waals surface area contributed by atoms with Crippen LogP contribution in [-0.2, 0) is 0 Å². The molecule has 0 amide bonds. The maximum Gasteiger partial charge on any atom is 0.164 e. The number of benzene rings is 4. The number of hydrogen-bond donors (Lipinski definition) is 0. The van der Waals surface area contributed by atoms with Crippen LogP contribution in [0.2, 0.25) is 0 Å². The van der Waals surface area contributed by atoms with Crippen molar-refractivity contribution in [1.82, 2.24) is 39.0 Å². The summed E-state index contributed by atoms with van der Waals surface area (Å²) in [6, 6.07) is 41.1. The molecule has 238 valence electrons. The number of pyridine rings is 2. The first-order valence-electron chi connectivity index (χ1n) is 16.6. The molecule has 0 radical (unpaired) electrons. The molecule has 0 aliphatic heterocycles. The molecule has 11 aromatic rings. The van der Waals surface area contributed by atoms with Crippen LogP contribution in [0, 0.1) is 0 Å². The van der Waals surface area contributed by atoms with Crippen LogP contribution >= 0.6 is 0 Å². The summed E-state index contributed by atoms with van der Waals surface area (Å²) in [5.41, 5.74) is 13.8. The largest absolute Gasteiger partial charge is 0.453 e. The van der Waals surface area contributed by atoms with Crippen molar-refractivity contribution in [3.63, 3.8) is 0 Å². The van der Waals surface area contributed by atoms with Crippen LogP contribution in [0.4, 0.5) is 0 Å². The molecule has 0 fully saturated rings. The molecule has 0 saturated heterocycles. The van der Waals surface area contributed by atoms with Gasteiger partial charge in [-0.1, -0.05) is 48.5 Å². The Labute approximate surface area is 289 Å². The highest BCUT2D eigenvalue weighted by Gasteiger charge is 2.19. The monoisotopic (exact) mass is 656 g/mol. The van der Waals surface area contributed by atoms with E-state index in [4.69, 9.17) is 24.4 Å². The first-order valence-corrected chi connectivity index (χ1v) is 16.6. The van der Waals surface area contributed by atoms with E-state index in [1.807, 2.05) is 60.7 Å². The van der Waals surface area contributed by atoms with E-state index in [-0.39, 0.29) is 0 Å². The van der Waals surface area contributed by atoms with Gasteiger partial charge in [-0.15, -0.1) is 0 Å². The minimum Gasteiger partial charge on any atom is -0.453 e. The van der Waals surface area contributed by atoms with Gasteiger partial charge in [0, 0.05) is 58.1 Å². The first-order chi connectivity index (χ1) is 25.3. The predicted molar refractivity (Wildman–Crippen MR) is 200 cm³/mol. The lowest BCUT2D eigenvalue weighted by atomic mass is 10.1. The number of fused-ring (bicyclic) bond motifs is 9. The smallest absolute Gasteiger partial charge is 0.164 e. The third kappa shape index (κ3) is 4.15. The maximum atomic E-state index is 6.24. The summed E-state index contributed by atoms with van der Waals surface area (Å²) >= 11 is 0. The van der Waals surface area contributed by atoms with Gasteiger partial charge in [0.25, 0.3) is 0 Å². The van der Waals surface area contributed by atoms with Gasteiger partial charge in [-0.3, -0.25) is 19.1 Å². The molecule has 9 heteroatoms. The Hall–Kier alpha value is -7.26. The second-order valence-corrected chi connectivity index (χ2v) is 12.5. The highest BCUT2D eigenvalue weighted by molar-refractivity contribution is 6.08. The molecule has 0 spiro atoms. The van der Waals surface area contributed by atoms with Gasteiger partial charge < -0.3 is 4.42 Å². The van der Waals surface area contributed by atoms with Crippen LogP contribution in [0.3, 0.4) is 0 Å². The Bertz CT molecular complexity index is 2930. The summed E-state index contributed by atoms with van der Waals surface area (Å²) in [5, 5.41) is 2.06. The molecule has 51 heavy (non-hydrogen) atoms. The number of rotatable bonds is 4. The van der Waals surface area contributed by atoms with Gasteiger partial charge in [0.1, 0.15) is 22.1 Å². The van der Waals surface area contributed by atoms with Gasteiger partial charge in [0.05, 0.1) is 22.4 Å². The summed E-state index contributed by atoms with van der Waals surface area (Å²) in [6.07, 6.45) is 6.94. The van der Waals surface area contributed by atoms with Crippen LogP contribution in [-0.4, -0.2) is 39.0 Å². The molecule has 7 heterocycles. The van der Waals surface area contributed by atoms with Crippen molar-refractivity contribution in [3.8, 4) is 33.9 Å². The Morgan fingerprint density at radius 3 is 1.33 bits per heavy atom. The van der Waals surface area contributed by atoms with Crippen LogP contribution in [0.5, 0.6) is 0 Å². The standard InChI is InChI=1S/C42H24N8O/c1-3-7-27(8-4-1)49-33-23-25(11-13-29(33)37-41(49)45-21-19-43-37)31-15-17-35-39(47-31)40-36(51-35)18-16-32(48-40)26-12-14-30-34(24-26)50(28-9-5-2-6-10-28)42-38(30)44-20-22-46-42/h1-24H. The summed E-state index contributed by atoms with van der Waals surface area (Å²) in [7, 11) is 0. The highest BCUT2D eigenvalue weighted by Crippen LogP contribution is 2.36. The normalized spacial score (nSPS) is 11.9. The van der Waals surface area contributed by atoms with Gasteiger partial charge in [-0.2, -0.15) is 0 Å². The SMILES string of the molecule is c1ccc(-n2c3cc(-c4ccc5oc6ccc(-c7ccc8c9nccnc9n(-c9ccccc9)c8c7)nc6c5n4)ccc3c3nccnc32)cc1. The molecule has 0 saturated carbocycles. The van der Waals surface area contributed by atoms with Crippen molar-refractivity contribution in [2.45, 2.75) is 0 Å². The van der Waals surface area contributed by atoms with Crippen LogP contribution in [0.25, 0.3) is 100 Å². The van der Waals surface area contributed by atoms with Crippen LogP contribution < -0.4 is 0 Å². The second kappa shape index (κ2) is 10.6. The molecule has 0 unspecified atom stereocenters. The van der Waals surface area contributed by atoms with Crippen LogP contribution in [0.15, 0.2) is 151 Å². The zero-order valence-electron chi connectivity index (χ0n) is 26.8. The highest BCUT2D eigenvalue weighted by atomic mass is 16.3. The molecule has 9 nitrogen and oxygen atoms in total. The number of hydrogen-bond acceptors (Lipinski definition) is 7. The lowest BCUT2D eigenvalue weighted by molar-refractivity contribution is 0.667. The van der Waals surface area contributed by atoms with Crippen molar-refractivity contribution in [2.75, 3.05) is 0 Å². The van der Waals surface area contributed by atoms with Gasteiger partial charge >= 0.3 is 0 Å². The van der Waals surface area contributed by atoms with Crippen LogP contribution in [0.1, 0.15) is 0 Å². The molecule has 11 rings (SSSR count). The van der Waals surface area contributed by atoms with Gasteiger partial charge in [-0.25, -0.2) is 19.9 Å². The zero-order chi connectivity index (χ0) is 33.5. The molecule has 0 N–H and O–H groups in total. The zero-order valence-corrected chi connectivity index (χ0v) is 26.8. The Morgan fingerprint density at radius 2 is 0.863 bits per heavy atom. The van der Waals surface area contributed by atoms with E-state index in [1.54, 1.807) is 24.8 Å². The fraction of sp³-hybridized carbons (Fsp3) is 0. The van der Waals surface area contributed by atoms with Gasteiger partial charge in [-0.05, 0) is 72.8 Å². The Balaban J connectivity index is 1.07. The Kier molecular flexibility index (Phi) is 5.76. The van der Waals surface area contributed by atoms with Crippen molar-refractivity contribution >= 4 is 66.3 Å². The van der Waals surface area contributed by atoms with Gasteiger partial charge in [0.2, 0.25) is 0 Å². The number of nitrogens with zero attached hydrogens (tertiary/aromatic N) is 8. The van der Waals surface area contributed by atoms with E-state index in [2.05, 4.69) is 79.8 Å². The molecule has 0 aliphatic rings. The Morgan fingerprint density at radius 1 is 0.412 bits per heavy atom. The van der Waals surface area contributed by atoms with Gasteiger partial charge in [0.15, 0.2) is 22.5 Å².